The van der Waals surface area contributed by atoms with Gasteiger partial charge in [0.1, 0.15) is 0 Å². The second kappa shape index (κ2) is 18.5. The Kier molecular flexibility index (Phi) is 21.4. The maximum atomic E-state index is 8.19. The van der Waals surface area contributed by atoms with E-state index in [0.29, 0.717) is 26.2 Å². The fraction of sp³-hybridized carbons (Fsp3) is 1.00. The van der Waals surface area contributed by atoms with Gasteiger partial charge in [-0.2, -0.15) is 0 Å². The number of rotatable bonds is 8. The van der Waals surface area contributed by atoms with Gasteiger partial charge in [0.2, 0.25) is 0 Å². The lowest BCUT2D eigenvalue weighted by Crippen LogP contribution is -2.24. The van der Waals surface area contributed by atoms with Crippen LogP contribution in [0.4, 0.5) is 0 Å². The van der Waals surface area contributed by atoms with Crippen LogP contribution in [0.5, 0.6) is 0 Å². The van der Waals surface area contributed by atoms with Gasteiger partial charge in [-0.1, -0.05) is 0 Å². The zero-order valence-electron chi connectivity index (χ0n) is 8.71. The predicted molar refractivity (Wildman–Crippen MR) is 58.0 cm³/mol. The van der Waals surface area contributed by atoms with Crippen LogP contribution in [0.25, 0.3) is 0 Å². The normalized spacial score (nSPS) is 9.43. The second-order valence-electron chi connectivity index (χ2n) is 2.52. The van der Waals surface area contributed by atoms with Crippen molar-refractivity contribution in [2.45, 2.75) is 0 Å². The van der Waals surface area contributed by atoms with Gasteiger partial charge in [-0.15, -0.1) is 0 Å². The van der Waals surface area contributed by atoms with Crippen molar-refractivity contribution >= 4 is 0 Å². The molecule has 0 fully saturated rings. The summed E-state index contributed by atoms with van der Waals surface area (Å²) in [6.45, 7) is 4.55. The number of nitrogens with one attached hydrogen (secondary N) is 2. The van der Waals surface area contributed by atoms with E-state index in [4.69, 9.17) is 21.7 Å². The predicted octanol–water partition coefficient (Wildman–Crippen LogP) is -2.95. The van der Waals surface area contributed by atoms with E-state index in [1.165, 1.54) is 0 Å². The highest BCUT2D eigenvalue weighted by molar-refractivity contribution is 4.43. The molecule has 6 heteroatoms. The minimum absolute atomic E-state index is 0.194. The molecule has 0 aliphatic heterocycles. The van der Waals surface area contributed by atoms with Gasteiger partial charge in [-0.3, -0.25) is 0 Å². The van der Waals surface area contributed by atoms with Gasteiger partial charge in [0.15, 0.2) is 0 Å². The largest absolute Gasteiger partial charge is 0.395 e. The van der Waals surface area contributed by atoms with Crippen molar-refractivity contribution in [1.29, 1.82) is 0 Å². The van der Waals surface area contributed by atoms with Gasteiger partial charge in [-0.25, -0.2) is 0 Å². The smallest absolute Gasteiger partial charge is 0.0555 e. The molecule has 0 heterocycles. The van der Waals surface area contributed by atoms with E-state index in [2.05, 4.69) is 10.6 Å². The van der Waals surface area contributed by atoms with Gasteiger partial charge in [0.05, 0.1) is 13.2 Å². The molecule has 0 atom stereocenters. The Morgan fingerprint density at radius 3 is 1.29 bits per heavy atom. The van der Waals surface area contributed by atoms with Crippen LogP contribution in [0.2, 0.25) is 0 Å². The van der Waals surface area contributed by atoms with Crippen molar-refractivity contribution in [1.82, 2.24) is 10.6 Å². The third kappa shape index (κ3) is 22.6. The van der Waals surface area contributed by atoms with Crippen molar-refractivity contribution in [2.75, 3.05) is 52.5 Å². The first-order valence-corrected chi connectivity index (χ1v) is 4.86. The lowest BCUT2D eigenvalue weighted by atomic mass is 10.6. The number of hydrogen-bond acceptors (Lipinski definition) is 6. The molecule has 6 nitrogen and oxygen atoms in total. The Hall–Kier alpha value is -0.240. The second-order valence-corrected chi connectivity index (χ2v) is 2.52. The molecule has 0 aromatic carbocycles. The molecule has 0 rings (SSSR count). The zero-order valence-corrected chi connectivity index (χ0v) is 8.71. The van der Waals surface area contributed by atoms with E-state index in [1.54, 1.807) is 0 Å². The Balaban J connectivity index is 0. The fourth-order valence-corrected chi connectivity index (χ4v) is 0.612. The van der Waals surface area contributed by atoms with Crippen LogP contribution in [0.3, 0.4) is 0 Å². The van der Waals surface area contributed by atoms with Crippen LogP contribution in [-0.4, -0.2) is 62.7 Å². The molecule has 8 N–H and O–H groups in total. The Morgan fingerprint density at radius 1 is 0.714 bits per heavy atom. The Morgan fingerprint density at radius 2 is 1.07 bits per heavy atom. The first kappa shape index (κ1) is 16.2. The van der Waals surface area contributed by atoms with Crippen LogP contribution in [0.1, 0.15) is 0 Å². The number of aliphatic hydroxyl groups excluding tert-OH is 2. The molecule has 0 saturated carbocycles. The van der Waals surface area contributed by atoms with E-state index >= 15 is 0 Å². The maximum Gasteiger partial charge on any atom is 0.0555 e. The monoisotopic (exact) mass is 208 g/mol. The van der Waals surface area contributed by atoms with Crippen LogP contribution in [0.15, 0.2) is 0 Å². The molecule has 0 radical (unpaired) electrons. The third-order valence-corrected chi connectivity index (χ3v) is 1.22. The highest BCUT2D eigenvalue weighted by Gasteiger charge is 1.78. The standard InChI is InChI=1S/2C4H12N2O/c2*5-1-2-6-3-4-7/h2*6-7H,1-5H2. The SMILES string of the molecule is NCCNCCO.NCCNCCO. The first-order chi connectivity index (χ1) is 6.83. The Labute approximate surface area is 85.7 Å². The van der Waals surface area contributed by atoms with Crippen LogP contribution in [-0.2, 0) is 0 Å². The van der Waals surface area contributed by atoms with Gasteiger partial charge >= 0.3 is 0 Å². The molecule has 0 bridgehead atoms. The van der Waals surface area contributed by atoms with Crippen molar-refractivity contribution in [3.63, 3.8) is 0 Å². The van der Waals surface area contributed by atoms with Gasteiger partial charge in [0.25, 0.3) is 0 Å². The third-order valence-electron chi connectivity index (χ3n) is 1.22. The molecule has 88 valence electrons. The van der Waals surface area contributed by atoms with E-state index in [-0.39, 0.29) is 13.2 Å². The molecule has 0 amide bonds. The molecule has 0 aromatic heterocycles. The van der Waals surface area contributed by atoms with E-state index in [1.807, 2.05) is 0 Å². The summed E-state index contributed by atoms with van der Waals surface area (Å²) in [6.07, 6.45) is 0. The van der Waals surface area contributed by atoms with Gasteiger partial charge in [-0.05, 0) is 0 Å². The number of nitrogens with two attached hydrogens (primary N) is 2. The maximum absolute atomic E-state index is 8.19. The summed E-state index contributed by atoms with van der Waals surface area (Å²) in [5.41, 5.74) is 10.3. The quantitative estimate of drug-likeness (QED) is 0.238. The summed E-state index contributed by atoms with van der Waals surface area (Å²) in [7, 11) is 0. The molecular weight excluding hydrogens is 184 g/mol. The van der Waals surface area contributed by atoms with Crippen molar-refractivity contribution in [2.24, 2.45) is 11.5 Å². The summed E-state index contributed by atoms with van der Waals surface area (Å²) in [4.78, 5) is 0. The molecule has 0 aliphatic rings. The van der Waals surface area contributed by atoms with E-state index in [0.717, 1.165) is 13.1 Å². The summed E-state index contributed by atoms with van der Waals surface area (Å²) < 4.78 is 0. The van der Waals surface area contributed by atoms with Gasteiger partial charge < -0.3 is 32.3 Å². The minimum Gasteiger partial charge on any atom is -0.395 e. The lowest BCUT2D eigenvalue weighted by Gasteiger charge is -1.95. The number of hydrogen-bond donors (Lipinski definition) is 6. The summed E-state index contributed by atoms with van der Waals surface area (Å²) in [5.74, 6) is 0. The average molecular weight is 208 g/mol. The molecule has 0 unspecified atom stereocenters. The lowest BCUT2D eigenvalue weighted by molar-refractivity contribution is 0.293. The molecule has 14 heavy (non-hydrogen) atoms. The van der Waals surface area contributed by atoms with Gasteiger partial charge in [0, 0.05) is 39.3 Å². The van der Waals surface area contributed by atoms with Crippen LogP contribution < -0.4 is 22.1 Å². The fourth-order valence-electron chi connectivity index (χ4n) is 0.612. The highest BCUT2D eigenvalue weighted by Crippen LogP contribution is 1.52. The molecule has 0 aliphatic carbocycles. The first-order valence-electron chi connectivity index (χ1n) is 4.86. The van der Waals surface area contributed by atoms with Crippen molar-refractivity contribution in [3.05, 3.63) is 0 Å². The van der Waals surface area contributed by atoms with Crippen molar-refractivity contribution < 1.29 is 10.2 Å². The minimum atomic E-state index is 0.194. The summed E-state index contributed by atoms with van der Waals surface area (Å²) in [5, 5.41) is 22.2. The van der Waals surface area contributed by atoms with E-state index < -0.39 is 0 Å². The van der Waals surface area contributed by atoms with E-state index in [9.17, 15) is 0 Å². The van der Waals surface area contributed by atoms with Crippen molar-refractivity contribution in [3.8, 4) is 0 Å². The van der Waals surface area contributed by atoms with Crippen LogP contribution in [0, 0.1) is 0 Å². The molecule has 0 spiro atoms. The number of aliphatic hydroxyl groups is 2. The molecule has 0 aromatic rings. The Bertz CT molecular complexity index is 67.7. The summed E-state index contributed by atoms with van der Waals surface area (Å²) in [6, 6.07) is 0. The van der Waals surface area contributed by atoms with Crippen LogP contribution >= 0.6 is 0 Å². The molecule has 0 saturated heterocycles. The topological polar surface area (TPSA) is 117 Å². The highest BCUT2D eigenvalue weighted by atomic mass is 16.3. The summed E-state index contributed by atoms with van der Waals surface area (Å²) >= 11 is 0. The zero-order chi connectivity index (χ0) is 11.1. The average Bonchev–Trinajstić information content (AvgIpc) is 2.21. The molecular formula is C8H24N4O2.